The molecule has 2 rings (SSSR count). The van der Waals surface area contributed by atoms with Crippen molar-refractivity contribution in [3.63, 3.8) is 0 Å². The van der Waals surface area contributed by atoms with Crippen molar-refractivity contribution in [3.05, 3.63) is 54.5 Å². The van der Waals surface area contributed by atoms with Gasteiger partial charge in [0.05, 0.1) is 12.9 Å². The molecule has 0 saturated carbocycles. The highest BCUT2D eigenvalue weighted by molar-refractivity contribution is 5.55. The third kappa shape index (κ3) is 6.89. The summed E-state index contributed by atoms with van der Waals surface area (Å²) in [6.45, 7) is 1.53. The molecule has 2 heterocycles. The summed E-state index contributed by atoms with van der Waals surface area (Å²) in [7, 11) is 1.98. The second-order valence-corrected chi connectivity index (χ2v) is 3.55. The summed E-state index contributed by atoms with van der Waals surface area (Å²) < 4.78 is 0. The number of aromatic nitrogens is 1. The van der Waals surface area contributed by atoms with Gasteiger partial charge < -0.3 is 10.6 Å². The third-order valence-electron chi connectivity index (χ3n) is 1.98. The number of hydrogen-bond donors (Lipinski definition) is 1. The van der Waals surface area contributed by atoms with E-state index in [0.29, 0.717) is 6.54 Å². The topological polar surface area (TPSA) is 54.5 Å². The molecule has 90 valence electrons. The molecular formula is C13H18N4. The van der Waals surface area contributed by atoms with E-state index in [1.807, 2.05) is 54.7 Å². The molecule has 0 unspecified atom stereocenters. The van der Waals surface area contributed by atoms with Gasteiger partial charge in [-0.1, -0.05) is 12.1 Å². The highest BCUT2D eigenvalue weighted by Gasteiger charge is 1.89. The van der Waals surface area contributed by atoms with E-state index in [0.717, 1.165) is 12.2 Å². The zero-order chi connectivity index (χ0) is 12.3. The largest absolute Gasteiger partial charge is 0.399 e. The van der Waals surface area contributed by atoms with E-state index in [9.17, 15) is 0 Å². The number of allylic oxidation sites excluding steroid dienone is 1. The average molecular weight is 230 g/mol. The van der Waals surface area contributed by atoms with Crippen molar-refractivity contribution in [2.45, 2.75) is 0 Å². The van der Waals surface area contributed by atoms with E-state index < -0.39 is 0 Å². The van der Waals surface area contributed by atoms with Crippen LogP contribution in [0.2, 0.25) is 0 Å². The molecule has 0 radical (unpaired) electrons. The minimum atomic E-state index is 0.667. The Bertz CT molecular complexity index is 355. The van der Waals surface area contributed by atoms with Crippen LogP contribution in [0.5, 0.6) is 0 Å². The highest BCUT2D eigenvalue weighted by atomic mass is 15.1. The quantitative estimate of drug-likeness (QED) is 0.733. The van der Waals surface area contributed by atoms with Crippen molar-refractivity contribution in [1.29, 1.82) is 0 Å². The molecule has 0 fully saturated rings. The van der Waals surface area contributed by atoms with E-state index in [4.69, 9.17) is 5.73 Å². The molecular weight excluding hydrogens is 212 g/mol. The molecule has 4 heteroatoms. The predicted molar refractivity (Wildman–Crippen MR) is 71.6 cm³/mol. The van der Waals surface area contributed by atoms with Gasteiger partial charge in [-0.05, 0) is 24.3 Å². The standard InChI is InChI=1S/C8H13N3.C5H5N/c1-11-6-2-3-8(9)4-5-10-7-11;1-2-4-6-5-3-1/h2-4,7H,5-6,9H2,1H3;1-5H/b3-2-,8-4+,10-7?;. The van der Waals surface area contributed by atoms with Crippen molar-refractivity contribution in [3.8, 4) is 0 Å². The first kappa shape index (κ1) is 13.0. The summed E-state index contributed by atoms with van der Waals surface area (Å²) in [5.74, 6) is 0. The number of rotatable bonds is 0. The second-order valence-electron chi connectivity index (χ2n) is 3.55. The van der Waals surface area contributed by atoms with Gasteiger partial charge >= 0.3 is 0 Å². The first-order chi connectivity index (χ1) is 8.29. The Kier molecular flexibility index (Phi) is 6.18. The molecule has 0 atom stereocenters. The Morgan fingerprint density at radius 1 is 1.24 bits per heavy atom. The molecule has 1 aromatic heterocycles. The van der Waals surface area contributed by atoms with Crippen LogP contribution in [0.4, 0.5) is 0 Å². The zero-order valence-electron chi connectivity index (χ0n) is 10.0. The Hall–Kier alpha value is -2.10. The number of likely N-dealkylation sites (N-methyl/N-ethyl adjacent to an activating group) is 1. The van der Waals surface area contributed by atoms with Gasteiger partial charge in [0, 0.05) is 31.7 Å². The van der Waals surface area contributed by atoms with Gasteiger partial charge in [-0.15, -0.1) is 0 Å². The summed E-state index contributed by atoms with van der Waals surface area (Å²) in [5.41, 5.74) is 6.39. The SMILES string of the molecule is CN1C=NC/C=C(N)\C=C/C1.c1ccncc1. The van der Waals surface area contributed by atoms with Crippen molar-refractivity contribution < 1.29 is 0 Å². The van der Waals surface area contributed by atoms with Gasteiger partial charge in [0.2, 0.25) is 0 Å². The van der Waals surface area contributed by atoms with Crippen LogP contribution in [0.3, 0.4) is 0 Å². The molecule has 0 aromatic carbocycles. The molecule has 0 aliphatic carbocycles. The van der Waals surface area contributed by atoms with E-state index >= 15 is 0 Å². The van der Waals surface area contributed by atoms with E-state index in [1.54, 1.807) is 12.4 Å². The Labute approximate surface area is 102 Å². The smallest absolute Gasteiger partial charge is 0.0853 e. The molecule has 0 spiro atoms. The van der Waals surface area contributed by atoms with Crippen LogP contribution in [0.15, 0.2) is 59.5 Å². The van der Waals surface area contributed by atoms with E-state index in [2.05, 4.69) is 9.98 Å². The fourth-order valence-electron chi connectivity index (χ4n) is 1.13. The van der Waals surface area contributed by atoms with Gasteiger partial charge in [0.15, 0.2) is 0 Å². The molecule has 1 aromatic rings. The van der Waals surface area contributed by atoms with Crippen LogP contribution in [0.25, 0.3) is 0 Å². The second kappa shape index (κ2) is 8.10. The van der Waals surface area contributed by atoms with E-state index in [1.165, 1.54) is 0 Å². The van der Waals surface area contributed by atoms with Gasteiger partial charge in [-0.3, -0.25) is 9.98 Å². The molecule has 0 amide bonds. The Balaban J connectivity index is 0.000000202. The summed E-state index contributed by atoms with van der Waals surface area (Å²) in [6, 6.07) is 5.72. The molecule has 4 nitrogen and oxygen atoms in total. The number of nitrogens with zero attached hydrogens (tertiary/aromatic N) is 3. The van der Waals surface area contributed by atoms with Gasteiger partial charge in [0.25, 0.3) is 0 Å². The maximum Gasteiger partial charge on any atom is 0.0853 e. The highest BCUT2D eigenvalue weighted by Crippen LogP contribution is 1.91. The molecule has 17 heavy (non-hydrogen) atoms. The van der Waals surface area contributed by atoms with Gasteiger partial charge in [-0.2, -0.15) is 0 Å². The minimum Gasteiger partial charge on any atom is -0.399 e. The lowest BCUT2D eigenvalue weighted by molar-refractivity contribution is 0.580. The summed E-state index contributed by atoms with van der Waals surface area (Å²) in [6.07, 6.45) is 11.1. The normalized spacial score (nSPS) is 19.8. The summed E-state index contributed by atoms with van der Waals surface area (Å²) >= 11 is 0. The Morgan fingerprint density at radius 2 is 2.00 bits per heavy atom. The molecule has 0 saturated heterocycles. The average Bonchev–Trinajstić information content (AvgIpc) is 2.45. The minimum absolute atomic E-state index is 0.667. The van der Waals surface area contributed by atoms with Crippen LogP contribution < -0.4 is 5.73 Å². The fraction of sp³-hybridized carbons (Fsp3) is 0.231. The maximum absolute atomic E-state index is 5.60. The molecule has 2 N–H and O–H groups in total. The maximum atomic E-state index is 5.60. The zero-order valence-corrected chi connectivity index (χ0v) is 10.0. The number of pyridine rings is 1. The van der Waals surface area contributed by atoms with Crippen LogP contribution in [-0.2, 0) is 0 Å². The predicted octanol–water partition coefficient (Wildman–Crippen LogP) is 1.44. The number of aliphatic imine (C=N–C) groups is 1. The van der Waals surface area contributed by atoms with Crippen LogP contribution in [0.1, 0.15) is 0 Å². The molecule has 0 bridgehead atoms. The molecule has 1 aliphatic heterocycles. The first-order valence-corrected chi connectivity index (χ1v) is 5.46. The van der Waals surface area contributed by atoms with Gasteiger partial charge in [0.1, 0.15) is 0 Å². The first-order valence-electron chi connectivity index (χ1n) is 5.46. The lowest BCUT2D eigenvalue weighted by Gasteiger charge is -2.07. The fourth-order valence-corrected chi connectivity index (χ4v) is 1.13. The van der Waals surface area contributed by atoms with Crippen LogP contribution >= 0.6 is 0 Å². The van der Waals surface area contributed by atoms with E-state index in [-0.39, 0.29) is 0 Å². The monoisotopic (exact) mass is 230 g/mol. The lowest BCUT2D eigenvalue weighted by atomic mass is 10.3. The lowest BCUT2D eigenvalue weighted by Crippen LogP contribution is -2.15. The van der Waals surface area contributed by atoms with Crippen LogP contribution in [-0.4, -0.2) is 36.4 Å². The van der Waals surface area contributed by atoms with Crippen molar-refractivity contribution in [1.82, 2.24) is 9.88 Å². The van der Waals surface area contributed by atoms with Crippen molar-refractivity contribution in [2.75, 3.05) is 20.1 Å². The van der Waals surface area contributed by atoms with Gasteiger partial charge in [-0.25, -0.2) is 0 Å². The third-order valence-corrected chi connectivity index (χ3v) is 1.98. The van der Waals surface area contributed by atoms with Crippen molar-refractivity contribution in [2.24, 2.45) is 10.7 Å². The summed E-state index contributed by atoms with van der Waals surface area (Å²) in [5, 5.41) is 0. The van der Waals surface area contributed by atoms with Crippen LogP contribution in [0, 0.1) is 0 Å². The number of hydrogen-bond acceptors (Lipinski definition) is 4. The number of nitrogens with two attached hydrogens (primary N) is 1. The Morgan fingerprint density at radius 3 is 2.59 bits per heavy atom. The summed E-state index contributed by atoms with van der Waals surface area (Å²) in [4.78, 5) is 9.91. The van der Waals surface area contributed by atoms with Crippen molar-refractivity contribution >= 4 is 6.34 Å². The molecule has 1 aliphatic rings.